The van der Waals surface area contributed by atoms with Gasteiger partial charge in [-0.15, -0.1) is 11.3 Å². The maximum atomic E-state index is 12.8. The van der Waals surface area contributed by atoms with Crippen LogP contribution in [0.5, 0.6) is 5.75 Å². The summed E-state index contributed by atoms with van der Waals surface area (Å²) in [4.78, 5) is 17.2. The van der Waals surface area contributed by atoms with Crippen LogP contribution in [0.2, 0.25) is 0 Å². The van der Waals surface area contributed by atoms with E-state index in [9.17, 15) is 13.2 Å². The van der Waals surface area contributed by atoms with Crippen LogP contribution in [-0.4, -0.2) is 56.5 Å². The van der Waals surface area contributed by atoms with Crippen LogP contribution in [0.1, 0.15) is 17.3 Å². The number of carbonyl (C=O) groups excluding carboxylic acids is 1. The van der Waals surface area contributed by atoms with Gasteiger partial charge in [0.2, 0.25) is 10.0 Å². The molecular weight excluding hydrogens is 450 g/mol. The molecule has 0 atom stereocenters. The molecule has 2 aromatic carbocycles. The van der Waals surface area contributed by atoms with E-state index in [-0.39, 0.29) is 10.8 Å². The minimum Gasteiger partial charge on any atom is -0.494 e. The third kappa shape index (κ3) is 4.99. The Bertz CT molecular complexity index is 1170. The van der Waals surface area contributed by atoms with Gasteiger partial charge in [0.05, 0.1) is 30.4 Å². The highest BCUT2D eigenvalue weighted by atomic mass is 32.2. The zero-order valence-electron chi connectivity index (χ0n) is 17.5. The fourth-order valence-corrected chi connectivity index (χ4v) is 5.36. The SMILES string of the molecule is CCOc1ccc(C(=O)Nc2nc(-c3ccc(S(=O)(=O)N4CCOCC4)cc3)cs2)cc1. The topological polar surface area (TPSA) is 97.8 Å². The van der Waals surface area contributed by atoms with Crippen molar-refractivity contribution in [2.45, 2.75) is 11.8 Å². The molecule has 4 rings (SSSR count). The van der Waals surface area contributed by atoms with Crippen molar-refractivity contribution in [1.82, 2.24) is 9.29 Å². The van der Waals surface area contributed by atoms with Crippen molar-refractivity contribution in [3.05, 3.63) is 59.5 Å². The lowest BCUT2D eigenvalue weighted by atomic mass is 10.2. The number of carbonyl (C=O) groups is 1. The molecule has 1 amide bonds. The van der Waals surface area contributed by atoms with Crippen molar-refractivity contribution in [2.24, 2.45) is 0 Å². The summed E-state index contributed by atoms with van der Waals surface area (Å²) < 4.78 is 37.6. The normalized spacial score (nSPS) is 14.8. The summed E-state index contributed by atoms with van der Waals surface area (Å²) >= 11 is 1.30. The lowest BCUT2D eigenvalue weighted by Crippen LogP contribution is -2.40. The third-order valence-electron chi connectivity index (χ3n) is 4.91. The highest BCUT2D eigenvalue weighted by Gasteiger charge is 2.26. The van der Waals surface area contributed by atoms with E-state index >= 15 is 0 Å². The van der Waals surface area contributed by atoms with E-state index < -0.39 is 10.0 Å². The largest absolute Gasteiger partial charge is 0.494 e. The molecular formula is C22H23N3O5S2. The fraction of sp³-hybridized carbons (Fsp3) is 0.273. The Morgan fingerprint density at radius 3 is 2.47 bits per heavy atom. The Morgan fingerprint density at radius 1 is 1.12 bits per heavy atom. The van der Waals surface area contributed by atoms with E-state index in [1.807, 2.05) is 12.3 Å². The van der Waals surface area contributed by atoms with Gasteiger partial charge in [-0.1, -0.05) is 12.1 Å². The number of ether oxygens (including phenoxy) is 2. The van der Waals surface area contributed by atoms with Crippen LogP contribution in [0, 0.1) is 0 Å². The first-order valence-corrected chi connectivity index (χ1v) is 12.5. The summed E-state index contributed by atoms with van der Waals surface area (Å²) in [5.41, 5.74) is 1.93. The molecule has 1 aliphatic heterocycles. The zero-order valence-corrected chi connectivity index (χ0v) is 19.1. The number of hydrogen-bond donors (Lipinski definition) is 1. The predicted octanol–water partition coefficient (Wildman–Crippen LogP) is 3.48. The number of nitrogens with one attached hydrogen (secondary N) is 1. The van der Waals surface area contributed by atoms with Crippen molar-refractivity contribution in [2.75, 3.05) is 38.2 Å². The number of nitrogens with zero attached hydrogens (tertiary/aromatic N) is 2. The molecule has 0 saturated carbocycles. The minimum atomic E-state index is -3.54. The second kappa shape index (κ2) is 9.78. The number of sulfonamides is 1. The molecule has 0 unspecified atom stereocenters. The molecule has 1 aliphatic rings. The molecule has 0 radical (unpaired) electrons. The van der Waals surface area contributed by atoms with E-state index in [0.29, 0.717) is 55.0 Å². The van der Waals surface area contributed by atoms with Crippen LogP contribution in [0.15, 0.2) is 58.8 Å². The van der Waals surface area contributed by atoms with E-state index in [2.05, 4.69) is 10.3 Å². The molecule has 0 aliphatic carbocycles. The maximum Gasteiger partial charge on any atom is 0.257 e. The quantitative estimate of drug-likeness (QED) is 0.564. The number of aromatic nitrogens is 1. The van der Waals surface area contributed by atoms with Gasteiger partial charge in [-0.3, -0.25) is 10.1 Å². The zero-order chi connectivity index (χ0) is 22.6. The number of thiazole rings is 1. The molecule has 32 heavy (non-hydrogen) atoms. The Morgan fingerprint density at radius 2 is 1.81 bits per heavy atom. The van der Waals surface area contributed by atoms with Gasteiger partial charge in [0.15, 0.2) is 5.13 Å². The van der Waals surface area contributed by atoms with E-state index in [1.165, 1.54) is 15.6 Å². The molecule has 0 spiro atoms. The lowest BCUT2D eigenvalue weighted by molar-refractivity contribution is 0.0730. The van der Waals surface area contributed by atoms with Crippen LogP contribution in [0.4, 0.5) is 5.13 Å². The Labute approximate surface area is 190 Å². The first-order chi connectivity index (χ1) is 15.5. The highest BCUT2D eigenvalue weighted by molar-refractivity contribution is 7.89. The fourth-order valence-electron chi connectivity index (χ4n) is 3.24. The van der Waals surface area contributed by atoms with Crippen molar-refractivity contribution in [3.63, 3.8) is 0 Å². The predicted molar refractivity (Wildman–Crippen MR) is 123 cm³/mol. The molecule has 2 heterocycles. The van der Waals surface area contributed by atoms with Crippen LogP contribution in [-0.2, 0) is 14.8 Å². The van der Waals surface area contributed by atoms with Gasteiger partial charge >= 0.3 is 0 Å². The number of morpholine rings is 1. The monoisotopic (exact) mass is 473 g/mol. The standard InChI is InChI=1S/C22H23N3O5S2/c1-2-30-18-7-3-17(4-8-18)21(26)24-22-23-20(15-31-22)16-5-9-19(10-6-16)32(27,28)25-11-13-29-14-12-25/h3-10,15H,2,11-14H2,1H3,(H,23,24,26). The van der Waals surface area contributed by atoms with Gasteiger partial charge in [0, 0.05) is 29.6 Å². The van der Waals surface area contributed by atoms with Gasteiger partial charge in [-0.05, 0) is 43.3 Å². The Kier molecular flexibility index (Phi) is 6.85. The van der Waals surface area contributed by atoms with Gasteiger partial charge in [-0.25, -0.2) is 13.4 Å². The molecule has 1 saturated heterocycles. The average molecular weight is 474 g/mol. The molecule has 168 valence electrons. The molecule has 1 N–H and O–H groups in total. The van der Waals surface area contributed by atoms with E-state index in [4.69, 9.17) is 9.47 Å². The second-order valence-corrected chi connectivity index (χ2v) is 9.79. The van der Waals surface area contributed by atoms with Crippen LogP contribution < -0.4 is 10.1 Å². The van der Waals surface area contributed by atoms with Gasteiger partial charge in [0.1, 0.15) is 5.75 Å². The summed E-state index contributed by atoms with van der Waals surface area (Å²) in [5, 5.41) is 5.07. The number of rotatable bonds is 7. The first kappa shape index (κ1) is 22.4. The van der Waals surface area contributed by atoms with E-state index in [0.717, 1.165) is 5.56 Å². The van der Waals surface area contributed by atoms with Gasteiger partial charge in [0.25, 0.3) is 5.91 Å². The molecule has 1 fully saturated rings. The number of hydrogen-bond acceptors (Lipinski definition) is 7. The first-order valence-electron chi connectivity index (χ1n) is 10.2. The molecule has 8 nitrogen and oxygen atoms in total. The van der Waals surface area contributed by atoms with Gasteiger partial charge in [-0.2, -0.15) is 4.31 Å². The number of anilines is 1. The summed E-state index contributed by atoms with van der Waals surface area (Å²) in [5.74, 6) is 0.445. The van der Waals surface area contributed by atoms with Crippen LogP contribution >= 0.6 is 11.3 Å². The molecule has 0 bridgehead atoms. The van der Waals surface area contributed by atoms with Crippen molar-refractivity contribution >= 4 is 32.4 Å². The summed E-state index contributed by atoms with van der Waals surface area (Å²) in [6.45, 7) is 3.98. The summed E-state index contributed by atoms with van der Waals surface area (Å²) in [7, 11) is -3.54. The van der Waals surface area contributed by atoms with E-state index in [1.54, 1.807) is 48.5 Å². The minimum absolute atomic E-state index is 0.238. The van der Waals surface area contributed by atoms with Gasteiger partial charge < -0.3 is 9.47 Å². The van der Waals surface area contributed by atoms with Crippen molar-refractivity contribution in [3.8, 4) is 17.0 Å². The highest BCUT2D eigenvalue weighted by Crippen LogP contribution is 2.27. The smallest absolute Gasteiger partial charge is 0.257 e. The maximum absolute atomic E-state index is 12.8. The number of amides is 1. The van der Waals surface area contributed by atoms with Crippen molar-refractivity contribution < 1.29 is 22.7 Å². The Balaban J connectivity index is 1.43. The summed E-state index contributed by atoms with van der Waals surface area (Å²) in [6, 6.07) is 13.5. The van der Waals surface area contributed by atoms with Crippen LogP contribution in [0.25, 0.3) is 11.3 Å². The second-order valence-electron chi connectivity index (χ2n) is 6.99. The lowest BCUT2D eigenvalue weighted by Gasteiger charge is -2.26. The van der Waals surface area contributed by atoms with Crippen molar-refractivity contribution in [1.29, 1.82) is 0 Å². The average Bonchev–Trinajstić information content (AvgIpc) is 3.29. The molecule has 10 heteroatoms. The summed E-state index contributed by atoms with van der Waals surface area (Å²) in [6.07, 6.45) is 0. The Hall–Kier alpha value is -2.79. The molecule has 1 aromatic heterocycles. The van der Waals surface area contributed by atoms with Crippen LogP contribution in [0.3, 0.4) is 0 Å². The third-order valence-corrected chi connectivity index (χ3v) is 7.58. The number of benzene rings is 2. The molecule has 3 aromatic rings.